The molecule has 0 atom stereocenters. The molecule has 29 heavy (non-hydrogen) atoms. The van der Waals surface area contributed by atoms with Crippen molar-refractivity contribution in [3.05, 3.63) is 83.4 Å². The summed E-state index contributed by atoms with van der Waals surface area (Å²) in [5.74, 6) is -0.0998. The van der Waals surface area contributed by atoms with Crippen molar-refractivity contribution >= 4 is 17.3 Å². The summed E-state index contributed by atoms with van der Waals surface area (Å²) in [4.78, 5) is 15.0. The molecule has 0 spiro atoms. The predicted molar refractivity (Wildman–Crippen MR) is 119 cm³/mol. The molecular formula is C25H26N2O2. The van der Waals surface area contributed by atoms with E-state index in [2.05, 4.69) is 48.3 Å². The molecule has 4 rings (SSSR count). The lowest BCUT2D eigenvalue weighted by Crippen LogP contribution is -2.36. The minimum absolute atomic E-state index is 0.0998. The number of carbonyl (C=O) groups is 1. The van der Waals surface area contributed by atoms with Gasteiger partial charge < -0.3 is 15.0 Å². The van der Waals surface area contributed by atoms with Crippen LogP contribution in [0.2, 0.25) is 0 Å². The maximum absolute atomic E-state index is 12.7. The first kappa shape index (κ1) is 19.2. The van der Waals surface area contributed by atoms with Crippen molar-refractivity contribution in [1.29, 1.82) is 0 Å². The Hall–Kier alpha value is -3.11. The molecule has 3 aromatic rings. The lowest BCUT2D eigenvalue weighted by Gasteiger charge is -2.28. The van der Waals surface area contributed by atoms with Gasteiger partial charge in [0, 0.05) is 30.0 Å². The molecule has 0 radical (unpaired) electrons. The molecule has 0 saturated carbocycles. The Balaban J connectivity index is 1.49. The zero-order valence-electron chi connectivity index (χ0n) is 16.9. The number of carbonyl (C=O) groups excluding carboxylic acids is 1. The minimum Gasteiger partial charge on any atom is -0.378 e. The van der Waals surface area contributed by atoms with Crippen LogP contribution >= 0.6 is 0 Å². The molecule has 1 heterocycles. The van der Waals surface area contributed by atoms with Gasteiger partial charge in [-0.3, -0.25) is 4.79 Å². The molecule has 3 aromatic carbocycles. The summed E-state index contributed by atoms with van der Waals surface area (Å²) >= 11 is 0. The van der Waals surface area contributed by atoms with Crippen LogP contribution in [0.25, 0.3) is 11.1 Å². The highest BCUT2D eigenvalue weighted by molar-refractivity contribution is 6.04. The van der Waals surface area contributed by atoms with Crippen LogP contribution in [0, 0.1) is 13.8 Å². The van der Waals surface area contributed by atoms with Crippen molar-refractivity contribution in [3.63, 3.8) is 0 Å². The van der Waals surface area contributed by atoms with Crippen LogP contribution < -0.4 is 10.2 Å². The second kappa shape index (κ2) is 8.50. The number of rotatable bonds is 4. The Bertz CT molecular complexity index is 988. The molecule has 4 heteroatoms. The maximum Gasteiger partial charge on any atom is 0.255 e. The fourth-order valence-electron chi connectivity index (χ4n) is 3.59. The number of hydrogen-bond donors (Lipinski definition) is 1. The Kier molecular flexibility index (Phi) is 5.63. The van der Waals surface area contributed by atoms with E-state index in [1.165, 1.54) is 11.1 Å². The summed E-state index contributed by atoms with van der Waals surface area (Å²) in [6.07, 6.45) is 0. The Morgan fingerprint density at radius 2 is 1.59 bits per heavy atom. The number of ether oxygens (including phenoxy) is 1. The Labute approximate surface area is 172 Å². The molecule has 1 saturated heterocycles. The van der Waals surface area contributed by atoms with Crippen molar-refractivity contribution in [1.82, 2.24) is 0 Å². The van der Waals surface area contributed by atoms with E-state index in [-0.39, 0.29) is 5.91 Å². The zero-order valence-corrected chi connectivity index (χ0v) is 16.9. The zero-order chi connectivity index (χ0) is 20.2. The fraction of sp³-hybridized carbons (Fsp3) is 0.240. The predicted octanol–water partition coefficient (Wildman–Crippen LogP) is 5.06. The van der Waals surface area contributed by atoms with Gasteiger partial charge in [0.2, 0.25) is 0 Å². The van der Waals surface area contributed by atoms with Crippen LogP contribution in [-0.2, 0) is 4.74 Å². The van der Waals surface area contributed by atoms with Gasteiger partial charge in [0.1, 0.15) is 0 Å². The molecule has 1 aliphatic heterocycles. The highest BCUT2D eigenvalue weighted by Crippen LogP contribution is 2.27. The van der Waals surface area contributed by atoms with Crippen LogP contribution in [-0.4, -0.2) is 32.2 Å². The highest BCUT2D eigenvalue weighted by Gasteiger charge is 2.13. The van der Waals surface area contributed by atoms with E-state index in [1.807, 2.05) is 42.5 Å². The Morgan fingerprint density at radius 3 is 2.28 bits per heavy atom. The van der Waals surface area contributed by atoms with Gasteiger partial charge in [-0.1, -0.05) is 35.9 Å². The van der Waals surface area contributed by atoms with Gasteiger partial charge in [-0.2, -0.15) is 0 Å². The summed E-state index contributed by atoms with van der Waals surface area (Å²) in [6, 6.07) is 22.3. The summed E-state index contributed by atoms with van der Waals surface area (Å²) in [5, 5.41) is 3.03. The minimum atomic E-state index is -0.0998. The first-order valence-electron chi connectivity index (χ1n) is 10.0. The molecule has 0 unspecified atom stereocenters. The number of nitrogens with zero attached hydrogens (tertiary/aromatic N) is 1. The van der Waals surface area contributed by atoms with Gasteiger partial charge in [0.05, 0.1) is 13.2 Å². The van der Waals surface area contributed by atoms with Crippen molar-refractivity contribution in [2.45, 2.75) is 13.8 Å². The van der Waals surface area contributed by atoms with Crippen LogP contribution in [0.4, 0.5) is 11.4 Å². The second-order valence-corrected chi connectivity index (χ2v) is 7.50. The van der Waals surface area contributed by atoms with Crippen molar-refractivity contribution in [3.8, 4) is 11.1 Å². The monoisotopic (exact) mass is 386 g/mol. The molecule has 4 nitrogen and oxygen atoms in total. The highest BCUT2D eigenvalue weighted by atomic mass is 16.5. The SMILES string of the molecule is Cc1ccc(-c2cc(NC(=O)c3ccc(N4CCOCC4)cc3)ccc2C)cc1. The standard InChI is InChI=1S/C25H26N2O2/c1-18-3-6-20(7-4-18)24-17-22(10-5-19(24)2)26-25(28)21-8-11-23(12-9-21)27-13-15-29-16-14-27/h3-12,17H,13-16H2,1-2H3,(H,26,28). The number of anilines is 2. The maximum atomic E-state index is 12.7. The molecular weight excluding hydrogens is 360 g/mol. The average Bonchev–Trinajstić information content (AvgIpc) is 2.76. The van der Waals surface area contributed by atoms with Gasteiger partial charge in [-0.05, 0) is 66.9 Å². The third-order valence-electron chi connectivity index (χ3n) is 5.36. The van der Waals surface area contributed by atoms with Crippen LogP contribution in [0.3, 0.4) is 0 Å². The molecule has 1 fully saturated rings. The smallest absolute Gasteiger partial charge is 0.255 e. The van der Waals surface area contributed by atoms with Crippen molar-refractivity contribution in [2.24, 2.45) is 0 Å². The summed E-state index contributed by atoms with van der Waals surface area (Å²) in [6.45, 7) is 7.44. The van der Waals surface area contributed by atoms with Gasteiger partial charge in [0.15, 0.2) is 0 Å². The topological polar surface area (TPSA) is 41.6 Å². The summed E-state index contributed by atoms with van der Waals surface area (Å²) in [7, 11) is 0. The third kappa shape index (κ3) is 4.49. The fourth-order valence-corrected chi connectivity index (χ4v) is 3.59. The van der Waals surface area contributed by atoms with E-state index in [0.29, 0.717) is 5.56 Å². The lowest BCUT2D eigenvalue weighted by molar-refractivity contribution is 0.102. The first-order chi connectivity index (χ1) is 14.1. The van der Waals surface area contributed by atoms with E-state index in [9.17, 15) is 4.79 Å². The van der Waals surface area contributed by atoms with E-state index >= 15 is 0 Å². The van der Waals surface area contributed by atoms with Gasteiger partial charge >= 0.3 is 0 Å². The molecule has 0 aromatic heterocycles. The number of morpholine rings is 1. The third-order valence-corrected chi connectivity index (χ3v) is 5.36. The van der Waals surface area contributed by atoms with E-state index < -0.39 is 0 Å². The largest absolute Gasteiger partial charge is 0.378 e. The van der Waals surface area contributed by atoms with E-state index in [4.69, 9.17) is 4.74 Å². The van der Waals surface area contributed by atoms with Crippen molar-refractivity contribution in [2.75, 3.05) is 36.5 Å². The summed E-state index contributed by atoms with van der Waals surface area (Å²) in [5.41, 5.74) is 7.28. The number of hydrogen-bond acceptors (Lipinski definition) is 3. The molecule has 0 bridgehead atoms. The number of aryl methyl sites for hydroxylation is 2. The van der Waals surface area contributed by atoms with Gasteiger partial charge in [-0.15, -0.1) is 0 Å². The number of benzene rings is 3. The number of nitrogens with one attached hydrogen (secondary N) is 1. The molecule has 0 aliphatic carbocycles. The van der Waals surface area contributed by atoms with Crippen LogP contribution in [0.15, 0.2) is 66.7 Å². The molecule has 1 aliphatic rings. The van der Waals surface area contributed by atoms with Crippen LogP contribution in [0.5, 0.6) is 0 Å². The van der Waals surface area contributed by atoms with Gasteiger partial charge in [-0.25, -0.2) is 0 Å². The summed E-state index contributed by atoms with van der Waals surface area (Å²) < 4.78 is 5.40. The quantitative estimate of drug-likeness (QED) is 0.681. The van der Waals surface area contributed by atoms with Crippen LogP contribution in [0.1, 0.15) is 21.5 Å². The first-order valence-corrected chi connectivity index (χ1v) is 10.0. The number of amides is 1. The molecule has 148 valence electrons. The second-order valence-electron chi connectivity index (χ2n) is 7.50. The van der Waals surface area contributed by atoms with E-state index in [1.54, 1.807) is 0 Å². The molecule has 1 N–H and O–H groups in total. The van der Waals surface area contributed by atoms with Crippen molar-refractivity contribution < 1.29 is 9.53 Å². The molecule has 1 amide bonds. The van der Waals surface area contributed by atoms with E-state index in [0.717, 1.165) is 48.8 Å². The lowest BCUT2D eigenvalue weighted by atomic mass is 9.99. The Morgan fingerprint density at radius 1 is 0.897 bits per heavy atom. The normalized spacial score (nSPS) is 13.9. The average molecular weight is 386 g/mol. The van der Waals surface area contributed by atoms with Gasteiger partial charge in [0.25, 0.3) is 5.91 Å².